The molecule has 0 amide bonds. The zero-order chi connectivity index (χ0) is 57.1. The fourth-order valence-corrected chi connectivity index (χ4v) is 10.1. The molecule has 0 aromatic rings. The summed E-state index contributed by atoms with van der Waals surface area (Å²) in [7, 11) is -9.86. The fourth-order valence-electron chi connectivity index (χ4n) is 8.52. The molecule has 0 aliphatic rings. The van der Waals surface area contributed by atoms with Crippen LogP contribution in [-0.2, 0) is 65.4 Å². The predicted octanol–water partition coefficient (Wildman–Crippen LogP) is 15.5. The SMILES string of the molecule is CCCCCCCCCCCCCCCCCC(=O)O[C@H](COC(=O)CCCCCCCCCCCC(C)C)COP(=O)(O)OC[C@@H](O)COP(=O)(O)OC[C@@H](COC(=O)CCCCCCC)OC(=O)CCCCCCC. The zero-order valence-electron chi connectivity index (χ0n) is 49.1. The molecule has 0 rings (SSSR count). The zero-order valence-corrected chi connectivity index (χ0v) is 50.9. The van der Waals surface area contributed by atoms with Crippen LogP contribution >= 0.6 is 15.6 Å². The molecule has 0 aromatic heterocycles. The Kier molecular flexibility index (Phi) is 50.8. The Morgan fingerprint density at radius 3 is 0.883 bits per heavy atom. The molecule has 77 heavy (non-hydrogen) atoms. The van der Waals surface area contributed by atoms with Crippen LogP contribution in [-0.4, -0.2) is 96.7 Å². The molecular weight excluding hydrogens is 1030 g/mol. The van der Waals surface area contributed by atoms with Gasteiger partial charge in [-0.2, -0.15) is 0 Å². The fraction of sp³-hybridized carbons (Fsp3) is 0.931. The van der Waals surface area contributed by atoms with Gasteiger partial charge in [0.25, 0.3) is 0 Å². The minimum absolute atomic E-state index is 0.0987. The summed E-state index contributed by atoms with van der Waals surface area (Å²) in [5.74, 6) is -1.42. The van der Waals surface area contributed by atoms with Gasteiger partial charge in [-0.25, -0.2) is 9.13 Å². The standard InChI is InChI=1S/C58H112O17P2/c1-6-9-12-15-16-17-18-19-20-21-22-25-29-34-39-44-58(63)75-54(48-69-56(61)42-37-33-28-26-23-24-27-32-35-40-51(4)5)50-73-77(66,67)71-46-52(59)45-70-76(64,65)72-49-53(74-57(62)43-38-31-14-11-8-3)47-68-55(60)41-36-30-13-10-7-2/h51-54,59H,6-50H2,1-5H3,(H,64,65)(H,66,67)/t52-,53+,54+/m0/s1. The summed E-state index contributed by atoms with van der Waals surface area (Å²) in [5.41, 5.74) is 0. The van der Waals surface area contributed by atoms with Gasteiger partial charge in [-0.3, -0.25) is 37.3 Å². The van der Waals surface area contributed by atoms with E-state index in [0.29, 0.717) is 25.7 Å². The van der Waals surface area contributed by atoms with Gasteiger partial charge in [0.2, 0.25) is 0 Å². The average Bonchev–Trinajstić information content (AvgIpc) is 3.39. The molecule has 0 aromatic carbocycles. The maximum atomic E-state index is 12.9. The molecule has 0 saturated carbocycles. The number of phosphoric acid groups is 2. The number of aliphatic hydroxyl groups is 1. The van der Waals surface area contributed by atoms with Crippen molar-refractivity contribution in [1.82, 2.24) is 0 Å². The van der Waals surface area contributed by atoms with Crippen LogP contribution in [0.5, 0.6) is 0 Å². The van der Waals surface area contributed by atoms with E-state index in [1.54, 1.807) is 0 Å². The molecular formula is C58H112O17P2. The summed E-state index contributed by atoms with van der Waals surface area (Å²) in [4.78, 5) is 71.4. The second-order valence-electron chi connectivity index (χ2n) is 21.5. The van der Waals surface area contributed by atoms with E-state index < -0.39 is 97.5 Å². The number of esters is 4. The summed E-state index contributed by atoms with van der Waals surface area (Å²) < 4.78 is 67.3. The minimum atomic E-state index is -4.94. The number of rotatable bonds is 58. The lowest BCUT2D eigenvalue weighted by Crippen LogP contribution is -2.30. The lowest BCUT2D eigenvalue weighted by Gasteiger charge is -2.21. The largest absolute Gasteiger partial charge is 0.472 e. The van der Waals surface area contributed by atoms with Crippen LogP contribution in [0, 0.1) is 5.92 Å². The lowest BCUT2D eigenvalue weighted by molar-refractivity contribution is -0.161. The van der Waals surface area contributed by atoms with Gasteiger partial charge >= 0.3 is 39.5 Å². The van der Waals surface area contributed by atoms with Gasteiger partial charge in [-0.05, 0) is 31.6 Å². The van der Waals surface area contributed by atoms with Crippen molar-refractivity contribution in [2.24, 2.45) is 5.92 Å². The van der Waals surface area contributed by atoms with Crippen molar-refractivity contribution >= 4 is 39.5 Å². The number of aliphatic hydroxyl groups excluding tert-OH is 1. The number of ether oxygens (including phenoxy) is 4. The van der Waals surface area contributed by atoms with Crippen molar-refractivity contribution in [1.29, 1.82) is 0 Å². The van der Waals surface area contributed by atoms with Crippen LogP contribution in [0.2, 0.25) is 0 Å². The van der Waals surface area contributed by atoms with Crippen LogP contribution in [0.15, 0.2) is 0 Å². The Bertz CT molecular complexity index is 1520. The Hall–Kier alpha value is -1.94. The topological polar surface area (TPSA) is 237 Å². The second kappa shape index (κ2) is 52.2. The van der Waals surface area contributed by atoms with Gasteiger partial charge in [0.15, 0.2) is 12.2 Å². The highest BCUT2D eigenvalue weighted by Gasteiger charge is 2.30. The van der Waals surface area contributed by atoms with Gasteiger partial charge in [0, 0.05) is 25.7 Å². The smallest absolute Gasteiger partial charge is 0.462 e. The molecule has 0 aliphatic carbocycles. The first kappa shape index (κ1) is 75.1. The lowest BCUT2D eigenvalue weighted by atomic mass is 10.0. The van der Waals surface area contributed by atoms with Crippen LogP contribution < -0.4 is 0 Å². The van der Waals surface area contributed by atoms with Crippen LogP contribution in [0.3, 0.4) is 0 Å². The first-order valence-electron chi connectivity index (χ1n) is 30.6. The van der Waals surface area contributed by atoms with Crippen LogP contribution in [0.1, 0.15) is 285 Å². The van der Waals surface area contributed by atoms with Gasteiger partial charge in [0.1, 0.15) is 19.3 Å². The van der Waals surface area contributed by atoms with Crippen molar-refractivity contribution < 1.29 is 80.2 Å². The van der Waals surface area contributed by atoms with Crippen molar-refractivity contribution in [3.63, 3.8) is 0 Å². The molecule has 0 bridgehead atoms. The van der Waals surface area contributed by atoms with Crippen molar-refractivity contribution in [3.05, 3.63) is 0 Å². The van der Waals surface area contributed by atoms with E-state index in [9.17, 15) is 43.2 Å². The van der Waals surface area contributed by atoms with E-state index in [4.69, 9.17) is 37.0 Å². The third kappa shape index (κ3) is 53.2. The molecule has 0 fully saturated rings. The van der Waals surface area contributed by atoms with Gasteiger partial charge in [-0.1, -0.05) is 234 Å². The first-order chi connectivity index (χ1) is 37.0. The average molecular weight is 1140 g/mol. The number of carbonyl (C=O) groups excluding carboxylic acids is 4. The number of unbranched alkanes of at least 4 members (excludes halogenated alkanes) is 30. The number of hydrogen-bond acceptors (Lipinski definition) is 15. The molecule has 456 valence electrons. The van der Waals surface area contributed by atoms with Crippen molar-refractivity contribution in [2.75, 3.05) is 39.6 Å². The molecule has 0 aliphatic heterocycles. The van der Waals surface area contributed by atoms with E-state index in [-0.39, 0.29) is 25.7 Å². The second-order valence-corrected chi connectivity index (χ2v) is 24.4. The normalized spacial score (nSPS) is 14.4. The number of phosphoric ester groups is 2. The molecule has 19 heteroatoms. The molecule has 3 N–H and O–H groups in total. The number of hydrogen-bond donors (Lipinski definition) is 3. The summed E-state index contributed by atoms with van der Waals surface area (Å²) in [5, 5.41) is 10.5. The van der Waals surface area contributed by atoms with Gasteiger partial charge < -0.3 is 33.8 Å². The Labute approximate surface area is 467 Å². The summed E-state index contributed by atoms with van der Waals surface area (Å²) in [6.45, 7) is 6.95. The van der Waals surface area contributed by atoms with Crippen LogP contribution in [0.4, 0.5) is 0 Å². The quantitative estimate of drug-likeness (QED) is 0.0222. The van der Waals surface area contributed by atoms with Crippen molar-refractivity contribution in [3.8, 4) is 0 Å². The summed E-state index contributed by atoms with van der Waals surface area (Å²) >= 11 is 0. The Morgan fingerprint density at radius 1 is 0.351 bits per heavy atom. The van der Waals surface area contributed by atoms with E-state index in [1.165, 1.54) is 103 Å². The Balaban J connectivity index is 5.13. The highest BCUT2D eigenvalue weighted by atomic mass is 31.2. The summed E-state index contributed by atoms with van der Waals surface area (Å²) in [6, 6.07) is 0. The Morgan fingerprint density at radius 2 is 0.597 bits per heavy atom. The predicted molar refractivity (Wildman–Crippen MR) is 303 cm³/mol. The molecule has 2 unspecified atom stereocenters. The van der Waals surface area contributed by atoms with E-state index in [2.05, 4.69) is 34.6 Å². The number of carbonyl (C=O) groups is 4. The molecule has 5 atom stereocenters. The van der Waals surface area contributed by atoms with E-state index in [1.807, 2.05) is 0 Å². The molecule has 17 nitrogen and oxygen atoms in total. The molecule has 0 saturated heterocycles. The summed E-state index contributed by atoms with van der Waals surface area (Å²) in [6.07, 6.45) is 34.2. The highest BCUT2D eigenvalue weighted by molar-refractivity contribution is 7.47. The van der Waals surface area contributed by atoms with E-state index >= 15 is 0 Å². The first-order valence-corrected chi connectivity index (χ1v) is 33.6. The highest BCUT2D eigenvalue weighted by Crippen LogP contribution is 2.45. The molecule has 0 spiro atoms. The van der Waals surface area contributed by atoms with Crippen molar-refractivity contribution in [2.45, 2.75) is 303 Å². The third-order valence-corrected chi connectivity index (χ3v) is 15.2. The van der Waals surface area contributed by atoms with Gasteiger partial charge in [0.05, 0.1) is 26.4 Å². The minimum Gasteiger partial charge on any atom is -0.462 e. The maximum absolute atomic E-state index is 12.9. The van der Waals surface area contributed by atoms with Gasteiger partial charge in [-0.15, -0.1) is 0 Å². The third-order valence-electron chi connectivity index (χ3n) is 13.3. The molecule has 0 radical (unpaired) electrons. The monoisotopic (exact) mass is 1140 g/mol. The maximum Gasteiger partial charge on any atom is 0.472 e. The van der Waals surface area contributed by atoms with E-state index in [0.717, 1.165) is 102 Å². The van der Waals surface area contributed by atoms with Crippen LogP contribution in [0.25, 0.3) is 0 Å². The molecule has 0 heterocycles.